The number of fused-ring (bicyclic) bond motifs is 1. The van der Waals surface area contributed by atoms with Crippen molar-refractivity contribution in [3.05, 3.63) is 59.4 Å². The third-order valence-electron chi connectivity index (χ3n) is 4.78. The number of aromatic nitrogens is 2. The Balaban J connectivity index is 1.39. The minimum absolute atomic E-state index is 0.0576. The topological polar surface area (TPSA) is 61.0 Å². The van der Waals surface area contributed by atoms with Gasteiger partial charge in [-0.15, -0.1) is 0 Å². The van der Waals surface area contributed by atoms with Gasteiger partial charge in [0.15, 0.2) is 0 Å². The Morgan fingerprint density at radius 3 is 2.72 bits per heavy atom. The summed E-state index contributed by atoms with van der Waals surface area (Å²) in [7, 11) is 0. The van der Waals surface area contributed by atoms with Gasteiger partial charge in [-0.2, -0.15) is 0 Å². The molecule has 1 aromatic carbocycles. The van der Waals surface area contributed by atoms with Crippen LogP contribution in [0.15, 0.2) is 48.8 Å². The number of hydrogen-bond acceptors (Lipinski definition) is 2. The highest BCUT2D eigenvalue weighted by Gasteiger charge is 2.25. The maximum Gasteiger partial charge on any atom is 0.321 e. The first-order chi connectivity index (χ1) is 12.2. The lowest BCUT2D eigenvalue weighted by molar-refractivity contribution is 0.195. The van der Waals surface area contributed by atoms with Crippen LogP contribution in [0.2, 0.25) is 5.02 Å². The van der Waals surface area contributed by atoms with Gasteiger partial charge in [-0.05, 0) is 60.7 Å². The highest BCUT2D eigenvalue weighted by atomic mass is 35.5. The van der Waals surface area contributed by atoms with E-state index < -0.39 is 0 Å². The molecule has 4 rings (SSSR count). The molecule has 1 fully saturated rings. The molecule has 3 aromatic rings. The zero-order valence-electron chi connectivity index (χ0n) is 13.7. The highest BCUT2D eigenvalue weighted by Crippen LogP contribution is 2.32. The molecule has 25 heavy (non-hydrogen) atoms. The normalized spacial score (nSPS) is 15.5. The molecule has 3 heterocycles. The zero-order valence-corrected chi connectivity index (χ0v) is 14.5. The van der Waals surface area contributed by atoms with Crippen LogP contribution in [0.25, 0.3) is 11.0 Å². The fourth-order valence-corrected chi connectivity index (χ4v) is 3.54. The predicted octanol–water partition coefficient (Wildman–Crippen LogP) is 4.63. The molecule has 6 heteroatoms. The van der Waals surface area contributed by atoms with Crippen molar-refractivity contribution < 1.29 is 4.79 Å². The van der Waals surface area contributed by atoms with E-state index in [1.54, 1.807) is 12.1 Å². The van der Waals surface area contributed by atoms with Gasteiger partial charge in [0.2, 0.25) is 0 Å². The quantitative estimate of drug-likeness (QED) is 0.705. The van der Waals surface area contributed by atoms with E-state index in [1.165, 1.54) is 5.56 Å². The van der Waals surface area contributed by atoms with E-state index in [0.717, 1.165) is 42.7 Å². The van der Waals surface area contributed by atoms with Crippen LogP contribution >= 0.6 is 11.6 Å². The minimum atomic E-state index is -0.0576. The first-order valence-corrected chi connectivity index (χ1v) is 8.82. The van der Waals surface area contributed by atoms with Crippen LogP contribution in [0, 0.1) is 0 Å². The number of anilines is 1. The lowest BCUT2D eigenvalue weighted by atomic mass is 9.90. The number of rotatable bonds is 2. The number of carbonyl (C=O) groups excluding carboxylic acids is 1. The van der Waals surface area contributed by atoms with Gasteiger partial charge in [-0.1, -0.05) is 11.6 Å². The van der Waals surface area contributed by atoms with E-state index >= 15 is 0 Å². The minimum Gasteiger partial charge on any atom is -0.360 e. The molecule has 2 amide bonds. The average Bonchev–Trinajstić information content (AvgIpc) is 3.08. The largest absolute Gasteiger partial charge is 0.360 e. The SMILES string of the molecule is O=C(Nc1ccc(Cl)cc1)N1CCC(c2c[nH]c3cccnc23)CC1. The molecule has 0 atom stereocenters. The Hall–Kier alpha value is -2.53. The molecule has 0 aliphatic carbocycles. The number of H-pyrrole nitrogens is 1. The van der Waals surface area contributed by atoms with E-state index in [2.05, 4.69) is 21.5 Å². The lowest BCUT2D eigenvalue weighted by Crippen LogP contribution is -2.40. The van der Waals surface area contributed by atoms with Gasteiger partial charge in [-0.3, -0.25) is 4.98 Å². The number of pyridine rings is 1. The van der Waals surface area contributed by atoms with Crippen molar-refractivity contribution in [1.29, 1.82) is 0 Å². The fourth-order valence-electron chi connectivity index (χ4n) is 3.42. The highest BCUT2D eigenvalue weighted by molar-refractivity contribution is 6.30. The summed E-state index contributed by atoms with van der Waals surface area (Å²) in [6.07, 6.45) is 5.77. The molecule has 0 radical (unpaired) electrons. The maximum atomic E-state index is 12.4. The number of piperidine rings is 1. The van der Waals surface area contributed by atoms with Crippen molar-refractivity contribution in [2.75, 3.05) is 18.4 Å². The van der Waals surface area contributed by atoms with Crippen LogP contribution in [-0.2, 0) is 0 Å². The Kier molecular flexibility index (Phi) is 4.32. The van der Waals surface area contributed by atoms with Crippen LogP contribution in [0.4, 0.5) is 10.5 Å². The first kappa shape index (κ1) is 16.0. The summed E-state index contributed by atoms with van der Waals surface area (Å²) in [6, 6.07) is 11.1. The van der Waals surface area contributed by atoms with Gasteiger partial charge >= 0.3 is 6.03 Å². The van der Waals surface area contributed by atoms with E-state index in [1.807, 2.05) is 35.4 Å². The van der Waals surface area contributed by atoms with Crippen LogP contribution in [0.5, 0.6) is 0 Å². The van der Waals surface area contributed by atoms with Crippen molar-refractivity contribution in [2.24, 2.45) is 0 Å². The molecule has 0 bridgehead atoms. The van der Waals surface area contributed by atoms with E-state index in [9.17, 15) is 4.79 Å². The standard InChI is InChI=1S/C19H19ClN4O/c20-14-3-5-15(6-4-14)23-19(25)24-10-7-13(8-11-24)16-12-22-17-2-1-9-21-18(16)17/h1-6,9,12-13,22H,7-8,10-11H2,(H,23,25). The van der Waals surface area contributed by atoms with Gasteiger partial charge in [0.25, 0.3) is 0 Å². The second kappa shape index (κ2) is 6.76. The first-order valence-electron chi connectivity index (χ1n) is 8.44. The Bertz CT molecular complexity index is 882. The summed E-state index contributed by atoms with van der Waals surface area (Å²) in [5.41, 5.74) is 4.14. The molecule has 128 valence electrons. The van der Waals surface area contributed by atoms with E-state index in [4.69, 9.17) is 11.6 Å². The molecule has 2 N–H and O–H groups in total. The summed E-state index contributed by atoms with van der Waals surface area (Å²) in [5, 5.41) is 3.59. The lowest BCUT2D eigenvalue weighted by Gasteiger charge is -2.31. The number of urea groups is 1. The van der Waals surface area contributed by atoms with Crippen LogP contribution < -0.4 is 5.32 Å². The van der Waals surface area contributed by atoms with Crippen molar-refractivity contribution in [2.45, 2.75) is 18.8 Å². The van der Waals surface area contributed by atoms with Crippen molar-refractivity contribution in [3.8, 4) is 0 Å². The monoisotopic (exact) mass is 354 g/mol. The summed E-state index contributed by atoms with van der Waals surface area (Å²) in [5.74, 6) is 0.434. The van der Waals surface area contributed by atoms with Gasteiger partial charge in [0.1, 0.15) is 0 Å². The number of aromatic amines is 1. The molecule has 1 aliphatic heterocycles. The molecule has 1 saturated heterocycles. The fraction of sp³-hybridized carbons (Fsp3) is 0.263. The van der Waals surface area contributed by atoms with Crippen LogP contribution in [-0.4, -0.2) is 34.0 Å². The summed E-state index contributed by atoms with van der Waals surface area (Å²) in [6.45, 7) is 1.48. The Labute approximate surface area is 151 Å². The average molecular weight is 355 g/mol. The van der Waals surface area contributed by atoms with Crippen molar-refractivity contribution in [3.63, 3.8) is 0 Å². The number of benzene rings is 1. The van der Waals surface area contributed by atoms with Gasteiger partial charge in [0.05, 0.1) is 11.0 Å². The number of carbonyl (C=O) groups is 1. The predicted molar refractivity (Wildman–Crippen MR) is 100 cm³/mol. The van der Waals surface area contributed by atoms with E-state index in [0.29, 0.717) is 10.9 Å². The second-order valence-corrected chi connectivity index (χ2v) is 6.78. The van der Waals surface area contributed by atoms with Crippen molar-refractivity contribution >= 4 is 34.4 Å². The molecule has 2 aromatic heterocycles. The summed E-state index contributed by atoms with van der Waals surface area (Å²) >= 11 is 5.87. The number of nitrogens with one attached hydrogen (secondary N) is 2. The molecule has 0 unspecified atom stereocenters. The van der Waals surface area contributed by atoms with Gasteiger partial charge in [-0.25, -0.2) is 4.79 Å². The van der Waals surface area contributed by atoms with Gasteiger partial charge in [0, 0.05) is 36.2 Å². The summed E-state index contributed by atoms with van der Waals surface area (Å²) in [4.78, 5) is 22.1. The Morgan fingerprint density at radius 2 is 1.96 bits per heavy atom. The number of amides is 2. The number of halogens is 1. The van der Waals surface area contributed by atoms with Gasteiger partial charge < -0.3 is 15.2 Å². The van der Waals surface area contributed by atoms with Crippen LogP contribution in [0.1, 0.15) is 24.3 Å². The van der Waals surface area contributed by atoms with Crippen LogP contribution in [0.3, 0.4) is 0 Å². The molecular weight excluding hydrogens is 336 g/mol. The number of hydrogen-bond donors (Lipinski definition) is 2. The molecule has 0 saturated carbocycles. The van der Waals surface area contributed by atoms with Crippen molar-refractivity contribution in [1.82, 2.24) is 14.9 Å². The molecular formula is C19H19ClN4O. The molecule has 0 spiro atoms. The number of likely N-dealkylation sites (tertiary alicyclic amines) is 1. The third-order valence-corrected chi connectivity index (χ3v) is 5.03. The Morgan fingerprint density at radius 1 is 1.20 bits per heavy atom. The molecule has 5 nitrogen and oxygen atoms in total. The van der Waals surface area contributed by atoms with E-state index in [-0.39, 0.29) is 6.03 Å². The zero-order chi connectivity index (χ0) is 17.2. The molecule has 1 aliphatic rings. The maximum absolute atomic E-state index is 12.4. The second-order valence-electron chi connectivity index (χ2n) is 6.34. The third kappa shape index (κ3) is 3.33. The summed E-state index contributed by atoms with van der Waals surface area (Å²) < 4.78 is 0. The number of nitrogens with zero attached hydrogens (tertiary/aromatic N) is 2. The smallest absolute Gasteiger partial charge is 0.321 e.